The third-order valence-corrected chi connectivity index (χ3v) is 20.0. The van der Waals surface area contributed by atoms with Crippen LogP contribution in [0.25, 0.3) is 0 Å². The van der Waals surface area contributed by atoms with Crippen LogP contribution >= 0.6 is 15.6 Å². The average molecular weight is 1410 g/mol. The fourth-order valence-electron chi connectivity index (χ4n) is 11.9. The standard InChI is InChI=1S/C77H150O17P2/c1-5-9-13-17-20-23-26-29-31-33-35-36-37-39-41-43-46-49-52-56-60-64-77(82)94-73(68-88-75(80)62-58-54-50-47-45-42-40-38-34-32-30-27-24-21-18-14-10-6-2)70-92-96(85,86)90-66-71(78)65-89-95(83,84)91-69-72(67-87-74(79)61-57-53-16-12-8-4)93-76(81)63-59-55-51-48-44-28-25-22-19-15-11-7-3/h71-73,78H,5-70H2,1-4H3,(H,83,84)(H,85,86)/t71-,72+,73+/m0/s1. The number of rotatable bonds is 78. The molecule has 0 aliphatic carbocycles. The third kappa shape index (κ3) is 70.5. The molecule has 0 saturated carbocycles. The van der Waals surface area contributed by atoms with Crippen molar-refractivity contribution in [1.82, 2.24) is 0 Å². The van der Waals surface area contributed by atoms with E-state index in [0.29, 0.717) is 25.7 Å². The van der Waals surface area contributed by atoms with Crippen molar-refractivity contribution in [1.29, 1.82) is 0 Å². The molecule has 0 aromatic heterocycles. The number of carbonyl (C=O) groups is 4. The van der Waals surface area contributed by atoms with Crippen LogP contribution in [0, 0.1) is 0 Å². The number of esters is 4. The number of hydrogen-bond donors (Lipinski definition) is 3. The molecule has 0 aromatic rings. The van der Waals surface area contributed by atoms with Gasteiger partial charge in [0.1, 0.15) is 19.3 Å². The minimum absolute atomic E-state index is 0.107. The Morgan fingerprint density at radius 1 is 0.250 bits per heavy atom. The first kappa shape index (κ1) is 94.1. The number of phosphoric acid groups is 2. The van der Waals surface area contributed by atoms with Crippen LogP contribution in [0.4, 0.5) is 0 Å². The first-order valence-corrected chi connectivity index (χ1v) is 43.3. The summed E-state index contributed by atoms with van der Waals surface area (Å²) in [5.74, 6) is -2.12. The van der Waals surface area contributed by atoms with Gasteiger partial charge in [-0.3, -0.25) is 37.3 Å². The van der Waals surface area contributed by atoms with E-state index in [1.54, 1.807) is 0 Å². The summed E-state index contributed by atoms with van der Waals surface area (Å²) in [4.78, 5) is 72.5. The second-order valence-corrected chi connectivity index (χ2v) is 30.7. The van der Waals surface area contributed by atoms with Crippen LogP contribution in [-0.2, 0) is 65.4 Å². The van der Waals surface area contributed by atoms with E-state index in [-0.39, 0.29) is 25.7 Å². The molecule has 0 amide bonds. The monoisotopic (exact) mass is 1410 g/mol. The number of hydrogen-bond acceptors (Lipinski definition) is 15. The highest BCUT2D eigenvalue weighted by Gasteiger charge is 2.30. The zero-order valence-corrected chi connectivity index (χ0v) is 64.1. The Bertz CT molecular complexity index is 1830. The molecule has 0 rings (SSSR count). The van der Waals surface area contributed by atoms with Crippen molar-refractivity contribution in [2.45, 2.75) is 431 Å². The molecule has 570 valence electrons. The maximum atomic E-state index is 13.1. The lowest BCUT2D eigenvalue weighted by Crippen LogP contribution is -2.30. The van der Waals surface area contributed by atoms with Crippen molar-refractivity contribution in [2.75, 3.05) is 39.6 Å². The molecule has 0 bridgehead atoms. The number of aliphatic hydroxyl groups is 1. The number of ether oxygens (including phenoxy) is 4. The lowest BCUT2D eigenvalue weighted by Gasteiger charge is -2.21. The molecule has 3 N–H and O–H groups in total. The summed E-state index contributed by atoms with van der Waals surface area (Å²) in [5.41, 5.74) is 0. The second kappa shape index (κ2) is 71.5. The SMILES string of the molecule is CCCCCCCCCCCCCCCCCCCCCCCC(=O)O[C@H](COC(=O)CCCCCCCCCCCCCCCCCCCC)COP(=O)(O)OC[C@@H](O)COP(=O)(O)OC[C@@H](COC(=O)CCCCCCC)OC(=O)CCCCCCCCCCCCCC. The summed E-state index contributed by atoms with van der Waals surface area (Å²) >= 11 is 0. The molecule has 2 unspecified atom stereocenters. The normalized spacial score (nSPS) is 13.9. The van der Waals surface area contributed by atoms with Gasteiger partial charge in [-0.05, 0) is 25.7 Å². The summed E-state index contributed by atoms with van der Waals surface area (Å²) in [6, 6.07) is 0. The molecule has 0 aliphatic heterocycles. The van der Waals surface area contributed by atoms with Crippen LogP contribution in [0.2, 0.25) is 0 Å². The van der Waals surface area contributed by atoms with Crippen LogP contribution in [0.3, 0.4) is 0 Å². The van der Waals surface area contributed by atoms with Crippen molar-refractivity contribution in [3.05, 3.63) is 0 Å². The van der Waals surface area contributed by atoms with E-state index < -0.39 is 97.5 Å². The molecule has 0 heterocycles. The molecular weight excluding hydrogens is 1260 g/mol. The van der Waals surface area contributed by atoms with E-state index in [0.717, 1.165) is 96.3 Å². The maximum Gasteiger partial charge on any atom is 0.472 e. The fourth-order valence-corrected chi connectivity index (χ4v) is 13.5. The molecule has 17 nitrogen and oxygen atoms in total. The Labute approximate surface area is 588 Å². The predicted octanol–water partition coefficient (Wildman–Crippen LogP) is 23.0. The first-order chi connectivity index (χ1) is 46.7. The number of unbranched alkanes of at least 4 members (excludes halogenated alkanes) is 52. The smallest absolute Gasteiger partial charge is 0.462 e. The van der Waals surface area contributed by atoms with Gasteiger partial charge in [0.25, 0.3) is 0 Å². The van der Waals surface area contributed by atoms with E-state index in [1.165, 1.54) is 238 Å². The van der Waals surface area contributed by atoms with Gasteiger partial charge in [0.15, 0.2) is 12.2 Å². The van der Waals surface area contributed by atoms with Crippen LogP contribution in [0.1, 0.15) is 413 Å². The number of carbonyl (C=O) groups excluding carboxylic acids is 4. The van der Waals surface area contributed by atoms with Crippen molar-refractivity contribution in [3.8, 4) is 0 Å². The second-order valence-electron chi connectivity index (χ2n) is 27.7. The van der Waals surface area contributed by atoms with E-state index >= 15 is 0 Å². The maximum absolute atomic E-state index is 13.1. The minimum Gasteiger partial charge on any atom is -0.462 e. The molecule has 0 aromatic carbocycles. The minimum atomic E-state index is -4.96. The Morgan fingerprint density at radius 3 is 0.615 bits per heavy atom. The van der Waals surface area contributed by atoms with Crippen LogP contribution in [-0.4, -0.2) is 96.7 Å². The van der Waals surface area contributed by atoms with Gasteiger partial charge >= 0.3 is 39.5 Å². The molecule has 0 aliphatic rings. The average Bonchev–Trinajstić information content (AvgIpc) is 1.24. The van der Waals surface area contributed by atoms with Crippen LogP contribution in [0.15, 0.2) is 0 Å². The highest BCUT2D eigenvalue weighted by molar-refractivity contribution is 7.47. The Balaban J connectivity index is 5.11. The predicted molar refractivity (Wildman–Crippen MR) is 391 cm³/mol. The fraction of sp³-hybridized carbons (Fsp3) is 0.948. The van der Waals surface area contributed by atoms with Gasteiger partial charge in [0, 0.05) is 25.7 Å². The molecule has 96 heavy (non-hydrogen) atoms. The number of phosphoric ester groups is 2. The topological polar surface area (TPSA) is 237 Å². The highest BCUT2D eigenvalue weighted by Crippen LogP contribution is 2.45. The Morgan fingerprint density at radius 2 is 0.417 bits per heavy atom. The van der Waals surface area contributed by atoms with E-state index in [2.05, 4.69) is 27.7 Å². The Hall–Kier alpha value is -1.94. The van der Waals surface area contributed by atoms with Gasteiger partial charge in [-0.25, -0.2) is 9.13 Å². The zero-order valence-electron chi connectivity index (χ0n) is 62.4. The summed E-state index contributed by atoms with van der Waals surface area (Å²) in [6.07, 6.45) is 63.0. The third-order valence-electron chi connectivity index (χ3n) is 18.1. The summed E-state index contributed by atoms with van der Waals surface area (Å²) in [5, 5.41) is 10.6. The van der Waals surface area contributed by atoms with E-state index in [1.807, 2.05) is 0 Å². The van der Waals surface area contributed by atoms with Crippen molar-refractivity contribution in [3.63, 3.8) is 0 Å². The van der Waals surface area contributed by atoms with Gasteiger partial charge in [-0.2, -0.15) is 0 Å². The summed E-state index contributed by atoms with van der Waals surface area (Å²) < 4.78 is 68.3. The van der Waals surface area contributed by atoms with Gasteiger partial charge in [-0.15, -0.1) is 0 Å². The molecule has 0 saturated heterocycles. The van der Waals surface area contributed by atoms with Crippen molar-refractivity contribution < 1.29 is 80.2 Å². The molecule has 5 atom stereocenters. The van der Waals surface area contributed by atoms with Crippen LogP contribution < -0.4 is 0 Å². The van der Waals surface area contributed by atoms with Crippen molar-refractivity contribution >= 4 is 39.5 Å². The highest BCUT2D eigenvalue weighted by atomic mass is 31.2. The van der Waals surface area contributed by atoms with E-state index in [9.17, 15) is 43.2 Å². The number of aliphatic hydroxyl groups excluding tert-OH is 1. The molecule has 0 radical (unpaired) electrons. The quantitative estimate of drug-likeness (QED) is 0.0222. The van der Waals surface area contributed by atoms with Crippen molar-refractivity contribution in [2.24, 2.45) is 0 Å². The lowest BCUT2D eigenvalue weighted by atomic mass is 10.0. The zero-order chi connectivity index (χ0) is 70.4. The molecule has 0 fully saturated rings. The summed E-state index contributed by atoms with van der Waals surface area (Å²) in [7, 11) is -9.90. The Kier molecular flexibility index (Phi) is 70.0. The molecule has 0 spiro atoms. The van der Waals surface area contributed by atoms with Crippen LogP contribution in [0.5, 0.6) is 0 Å². The molecule has 19 heteroatoms. The van der Waals surface area contributed by atoms with Gasteiger partial charge in [0.2, 0.25) is 0 Å². The van der Waals surface area contributed by atoms with E-state index in [4.69, 9.17) is 37.0 Å². The van der Waals surface area contributed by atoms with Gasteiger partial charge in [-0.1, -0.05) is 362 Å². The summed E-state index contributed by atoms with van der Waals surface area (Å²) in [6.45, 7) is 4.90. The first-order valence-electron chi connectivity index (χ1n) is 40.3. The largest absolute Gasteiger partial charge is 0.472 e. The van der Waals surface area contributed by atoms with Gasteiger partial charge < -0.3 is 33.8 Å². The molecular formula is C77H150O17P2. The lowest BCUT2D eigenvalue weighted by molar-refractivity contribution is -0.161. The van der Waals surface area contributed by atoms with Gasteiger partial charge in [0.05, 0.1) is 26.4 Å².